The molecule has 0 aliphatic rings. The van der Waals surface area contributed by atoms with Crippen molar-refractivity contribution in [1.82, 2.24) is 0 Å². The van der Waals surface area contributed by atoms with Gasteiger partial charge < -0.3 is 5.11 Å². The Hall–Kier alpha value is -1.10. The summed E-state index contributed by atoms with van der Waals surface area (Å²) in [5.74, 6) is 0. The predicted octanol–water partition coefficient (Wildman–Crippen LogP) is 3.47. The van der Waals surface area contributed by atoms with Gasteiger partial charge in [-0.05, 0) is 6.42 Å². The zero-order chi connectivity index (χ0) is 9.07. The Balaban J connectivity index is -0.0000000403. The number of hydrogen-bond acceptors (Lipinski definition) is 1. The lowest BCUT2D eigenvalue weighted by Gasteiger charge is -1.85. The van der Waals surface area contributed by atoms with E-state index in [9.17, 15) is 0 Å². The largest absolute Gasteiger partial charge is 0.396 e. The molecule has 0 aromatic heterocycles. The molecule has 0 saturated heterocycles. The zero-order valence-corrected chi connectivity index (χ0v) is 9.37. The van der Waals surface area contributed by atoms with Gasteiger partial charge in [0.1, 0.15) is 0 Å². The summed E-state index contributed by atoms with van der Waals surface area (Å²) in [5.41, 5.74) is 0. The van der Waals surface area contributed by atoms with Gasteiger partial charge in [0.05, 0.1) is 0 Å². The van der Waals surface area contributed by atoms with E-state index in [0.717, 1.165) is 12.8 Å². The maximum Gasteiger partial charge on any atom is 0.0431 e. The lowest BCUT2D eigenvalue weighted by Crippen LogP contribution is -1.78. The number of unbranched alkanes of at least 4 members (excludes halogenated alkanes) is 2. The maximum absolute atomic E-state index is 8.20. The lowest BCUT2D eigenvalue weighted by atomic mass is 10.3. The monoisotopic (exact) mass is 246 g/mol. The van der Waals surface area contributed by atoms with Crippen LogP contribution >= 0.6 is 0 Å². The number of rotatable bonds is 3. The fourth-order valence-corrected chi connectivity index (χ4v) is 0.747. The summed E-state index contributed by atoms with van der Waals surface area (Å²) in [5, 5.41) is 8.20. The molecule has 1 nitrogen and oxygen atoms in total. The maximum atomic E-state index is 8.20. The van der Waals surface area contributed by atoms with Crippen LogP contribution < -0.4 is 0 Å². The van der Waals surface area contributed by atoms with E-state index in [1.165, 1.54) is 6.42 Å². The molecular formula is C11H22F4O. The van der Waals surface area contributed by atoms with Gasteiger partial charge in [0.15, 0.2) is 0 Å². The average Bonchev–Trinajstić information content (AvgIpc) is 2.18. The van der Waals surface area contributed by atoms with E-state index in [1.54, 1.807) is 0 Å². The van der Waals surface area contributed by atoms with E-state index in [-0.39, 0.29) is 18.8 Å². The van der Waals surface area contributed by atoms with Crippen molar-refractivity contribution < 1.29 is 23.9 Å². The number of aliphatic hydroxyl groups is 1. The SMILES string of the molecule is CCCCCO.F.F.F.F.c1ccccc1. The summed E-state index contributed by atoms with van der Waals surface area (Å²) >= 11 is 0. The molecule has 0 radical (unpaired) electrons. The van der Waals surface area contributed by atoms with Crippen molar-refractivity contribution >= 4 is 0 Å². The Morgan fingerprint density at radius 1 is 0.688 bits per heavy atom. The molecule has 16 heavy (non-hydrogen) atoms. The fraction of sp³-hybridized carbons (Fsp3) is 0.455. The molecule has 1 aromatic carbocycles. The van der Waals surface area contributed by atoms with Crippen molar-refractivity contribution in [2.75, 3.05) is 6.61 Å². The summed E-state index contributed by atoms with van der Waals surface area (Å²) in [7, 11) is 0. The summed E-state index contributed by atoms with van der Waals surface area (Å²) in [6.07, 6.45) is 3.33. The Labute approximate surface area is 94.0 Å². The molecule has 0 spiro atoms. The highest BCUT2D eigenvalue weighted by Gasteiger charge is 1.76. The van der Waals surface area contributed by atoms with Crippen LogP contribution in [0.2, 0.25) is 0 Å². The standard InChI is InChI=1S/C6H6.C5H12O.4FH/c1-2-4-6-5-3-1;1-2-3-4-5-6;;;;/h1-6H;6H,2-5H2,1H3;4*1H. The van der Waals surface area contributed by atoms with Gasteiger partial charge in [0, 0.05) is 6.61 Å². The van der Waals surface area contributed by atoms with Gasteiger partial charge in [0.25, 0.3) is 0 Å². The van der Waals surface area contributed by atoms with Crippen LogP contribution in [0.5, 0.6) is 0 Å². The molecule has 0 amide bonds. The smallest absolute Gasteiger partial charge is 0.0431 e. The Morgan fingerprint density at radius 2 is 1.00 bits per heavy atom. The Morgan fingerprint density at radius 3 is 1.12 bits per heavy atom. The molecule has 0 aliphatic carbocycles. The molecule has 0 heterocycles. The van der Waals surface area contributed by atoms with Crippen LogP contribution in [0.25, 0.3) is 0 Å². The van der Waals surface area contributed by atoms with E-state index in [1.807, 2.05) is 36.4 Å². The minimum absolute atomic E-state index is 0. The first-order chi connectivity index (χ1) is 5.91. The first-order valence-corrected chi connectivity index (χ1v) is 4.52. The van der Waals surface area contributed by atoms with Crippen molar-refractivity contribution in [1.29, 1.82) is 0 Å². The molecule has 5 heteroatoms. The van der Waals surface area contributed by atoms with E-state index in [4.69, 9.17) is 5.11 Å². The van der Waals surface area contributed by atoms with Crippen molar-refractivity contribution in [3.05, 3.63) is 36.4 Å². The minimum Gasteiger partial charge on any atom is -0.396 e. The lowest BCUT2D eigenvalue weighted by molar-refractivity contribution is 0.284. The van der Waals surface area contributed by atoms with Crippen LogP contribution in [0.15, 0.2) is 36.4 Å². The number of halogens is 4. The van der Waals surface area contributed by atoms with Crippen molar-refractivity contribution in [2.45, 2.75) is 26.2 Å². The third-order valence-electron chi connectivity index (χ3n) is 1.43. The van der Waals surface area contributed by atoms with Gasteiger partial charge in [-0.2, -0.15) is 0 Å². The molecule has 1 N–H and O–H groups in total. The highest BCUT2D eigenvalue weighted by Crippen LogP contribution is 1.89. The van der Waals surface area contributed by atoms with E-state index in [0.29, 0.717) is 6.61 Å². The molecule has 1 aromatic rings. The summed E-state index contributed by atoms with van der Waals surface area (Å²) in [6, 6.07) is 12.0. The van der Waals surface area contributed by atoms with Gasteiger partial charge in [-0.15, -0.1) is 0 Å². The third kappa shape index (κ3) is 29.3. The second-order valence-electron chi connectivity index (χ2n) is 2.59. The van der Waals surface area contributed by atoms with Gasteiger partial charge >= 0.3 is 0 Å². The molecule has 0 bridgehead atoms. The van der Waals surface area contributed by atoms with E-state index in [2.05, 4.69) is 6.92 Å². The molecule has 0 saturated carbocycles. The van der Waals surface area contributed by atoms with Gasteiger partial charge in [0.2, 0.25) is 0 Å². The first-order valence-electron chi connectivity index (χ1n) is 4.52. The van der Waals surface area contributed by atoms with Gasteiger partial charge in [-0.25, -0.2) is 0 Å². The van der Waals surface area contributed by atoms with E-state index < -0.39 is 0 Å². The van der Waals surface area contributed by atoms with Crippen LogP contribution in [0, 0.1) is 0 Å². The topological polar surface area (TPSA) is 20.2 Å². The Kier molecular flexibility index (Phi) is 53.6. The molecular weight excluding hydrogens is 224 g/mol. The summed E-state index contributed by atoms with van der Waals surface area (Å²) in [4.78, 5) is 0. The van der Waals surface area contributed by atoms with Crippen LogP contribution in [-0.4, -0.2) is 11.7 Å². The number of benzene rings is 1. The van der Waals surface area contributed by atoms with Gasteiger partial charge in [-0.3, -0.25) is 18.8 Å². The second kappa shape index (κ2) is 29.2. The summed E-state index contributed by atoms with van der Waals surface area (Å²) < 4.78 is 0. The quantitative estimate of drug-likeness (QED) is 0.639. The number of hydrogen-bond donors (Lipinski definition) is 1. The summed E-state index contributed by atoms with van der Waals surface area (Å²) in [6.45, 7) is 2.48. The molecule has 0 aliphatic heterocycles. The molecule has 100 valence electrons. The van der Waals surface area contributed by atoms with Crippen LogP contribution in [0.3, 0.4) is 0 Å². The first kappa shape index (κ1) is 29.4. The minimum atomic E-state index is 0. The average molecular weight is 246 g/mol. The molecule has 1 rings (SSSR count). The van der Waals surface area contributed by atoms with Crippen LogP contribution in [0.4, 0.5) is 18.8 Å². The highest BCUT2D eigenvalue weighted by atomic mass is 19.0. The molecule has 0 atom stereocenters. The Bertz CT molecular complexity index is 131. The normalized spacial score (nSPS) is 6.38. The zero-order valence-electron chi connectivity index (χ0n) is 9.37. The predicted molar refractivity (Wildman–Crippen MR) is 63.1 cm³/mol. The third-order valence-corrected chi connectivity index (χ3v) is 1.43. The molecule has 0 unspecified atom stereocenters. The van der Waals surface area contributed by atoms with Crippen LogP contribution in [-0.2, 0) is 0 Å². The van der Waals surface area contributed by atoms with Crippen molar-refractivity contribution in [3.8, 4) is 0 Å². The highest BCUT2D eigenvalue weighted by molar-refractivity contribution is 4.99. The number of aliphatic hydroxyl groups excluding tert-OH is 1. The molecule has 0 fully saturated rings. The van der Waals surface area contributed by atoms with Gasteiger partial charge in [-0.1, -0.05) is 56.2 Å². The van der Waals surface area contributed by atoms with Crippen molar-refractivity contribution in [3.63, 3.8) is 0 Å². The van der Waals surface area contributed by atoms with Crippen molar-refractivity contribution in [2.24, 2.45) is 0 Å². The van der Waals surface area contributed by atoms with Crippen LogP contribution in [0.1, 0.15) is 26.2 Å². The fourth-order valence-electron chi connectivity index (χ4n) is 0.747. The van der Waals surface area contributed by atoms with E-state index >= 15 is 0 Å². The second-order valence-corrected chi connectivity index (χ2v) is 2.59.